The Labute approximate surface area is 200 Å². The Bertz CT molecular complexity index is 1230. The minimum atomic E-state index is -3.65. The van der Waals surface area contributed by atoms with Crippen molar-refractivity contribution >= 4 is 22.0 Å². The number of rotatable bonds is 8. The van der Waals surface area contributed by atoms with E-state index in [4.69, 9.17) is 4.42 Å². The van der Waals surface area contributed by atoms with E-state index in [9.17, 15) is 13.2 Å². The molecule has 0 unspecified atom stereocenters. The number of hydrogen-bond donors (Lipinski definition) is 1. The largest absolute Gasteiger partial charge is 0.468 e. The summed E-state index contributed by atoms with van der Waals surface area (Å²) >= 11 is 0. The number of amides is 1. The van der Waals surface area contributed by atoms with Crippen molar-refractivity contribution in [1.82, 2.24) is 14.5 Å². The highest BCUT2D eigenvalue weighted by Gasteiger charge is 2.20. The monoisotopic (exact) mass is 479 g/mol. The Hall–Kier alpha value is -3.20. The Kier molecular flexibility index (Phi) is 7.62. The number of benzene rings is 2. The molecule has 178 valence electrons. The van der Waals surface area contributed by atoms with Crippen LogP contribution in [0.1, 0.15) is 22.5 Å². The number of aryl methyl sites for hydroxylation is 1. The van der Waals surface area contributed by atoms with Gasteiger partial charge in [-0.1, -0.05) is 36.4 Å². The van der Waals surface area contributed by atoms with Gasteiger partial charge in [0.05, 0.1) is 17.7 Å². The first-order valence-corrected chi connectivity index (χ1v) is 12.7. The van der Waals surface area contributed by atoms with Gasteiger partial charge in [0.25, 0.3) is 0 Å². The van der Waals surface area contributed by atoms with Crippen LogP contribution < -0.4 is 4.72 Å². The second-order valence-corrected chi connectivity index (χ2v) is 10.1. The molecule has 2 aromatic carbocycles. The van der Waals surface area contributed by atoms with Gasteiger partial charge in [0.2, 0.25) is 15.9 Å². The lowest BCUT2D eigenvalue weighted by molar-refractivity contribution is -0.127. The zero-order valence-corrected chi connectivity index (χ0v) is 20.0. The van der Waals surface area contributed by atoms with Crippen molar-refractivity contribution in [3.63, 3.8) is 0 Å². The summed E-state index contributed by atoms with van der Waals surface area (Å²) in [7, 11) is -3.65. The second kappa shape index (κ2) is 10.8. The summed E-state index contributed by atoms with van der Waals surface area (Å²) in [5.74, 6) is 0.505. The van der Waals surface area contributed by atoms with Gasteiger partial charge in [0, 0.05) is 38.8 Å². The summed E-state index contributed by atoms with van der Waals surface area (Å²) in [6.45, 7) is 6.16. The predicted octanol–water partition coefficient (Wildman–Crippen LogP) is 3.42. The SMILES string of the molecule is Cc1ccccc1CN1CCN(C(=O)/C=C/c2ccc(S(=O)(=O)NCc3ccco3)cc2)CC1. The first kappa shape index (κ1) is 23.9. The van der Waals surface area contributed by atoms with E-state index in [-0.39, 0.29) is 17.3 Å². The second-order valence-electron chi connectivity index (χ2n) is 8.33. The molecule has 8 heteroatoms. The number of carbonyl (C=O) groups excluding carboxylic acids is 1. The molecule has 3 aromatic rings. The molecular formula is C26H29N3O4S. The fourth-order valence-corrected chi connectivity index (χ4v) is 4.84. The fourth-order valence-electron chi connectivity index (χ4n) is 3.85. The third-order valence-corrected chi connectivity index (χ3v) is 7.38. The van der Waals surface area contributed by atoms with E-state index < -0.39 is 10.0 Å². The van der Waals surface area contributed by atoms with Crippen LogP contribution in [0.25, 0.3) is 6.08 Å². The average Bonchev–Trinajstić information content (AvgIpc) is 3.37. The molecule has 34 heavy (non-hydrogen) atoms. The first-order valence-electron chi connectivity index (χ1n) is 11.3. The number of sulfonamides is 1. The van der Waals surface area contributed by atoms with E-state index in [1.54, 1.807) is 36.4 Å². The number of hydrogen-bond acceptors (Lipinski definition) is 5. The molecule has 1 fully saturated rings. The van der Waals surface area contributed by atoms with Crippen molar-refractivity contribution < 1.29 is 17.6 Å². The topological polar surface area (TPSA) is 82.9 Å². The Morgan fingerprint density at radius 1 is 1.00 bits per heavy atom. The van der Waals surface area contributed by atoms with Crippen LogP contribution in [-0.2, 0) is 27.9 Å². The van der Waals surface area contributed by atoms with Crippen LogP contribution in [0.5, 0.6) is 0 Å². The van der Waals surface area contributed by atoms with Gasteiger partial charge in [-0.3, -0.25) is 9.69 Å². The maximum atomic E-state index is 12.6. The zero-order chi connectivity index (χ0) is 24.0. The molecule has 1 aromatic heterocycles. The van der Waals surface area contributed by atoms with Crippen molar-refractivity contribution in [3.8, 4) is 0 Å². The molecule has 1 saturated heterocycles. The van der Waals surface area contributed by atoms with Crippen LogP contribution in [0.2, 0.25) is 0 Å². The molecule has 0 saturated carbocycles. The summed E-state index contributed by atoms with van der Waals surface area (Å²) in [5, 5.41) is 0. The van der Waals surface area contributed by atoms with E-state index in [2.05, 4.69) is 34.7 Å². The molecule has 0 radical (unpaired) electrons. The van der Waals surface area contributed by atoms with Crippen molar-refractivity contribution in [1.29, 1.82) is 0 Å². The quantitative estimate of drug-likeness (QED) is 0.501. The van der Waals surface area contributed by atoms with Crippen molar-refractivity contribution in [2.75, 3.05) is 26.2 Å². The predicted molar refractivity (Wildman–Crippen MR) is 131 cm³/mol. The van der Waals surface area contributed by atoms with Crippen molar-refractivity contribution in [2.24, 2.45) is 0 Å². The molecule has 2 heterocycles. The third-order valence-electron chi connectivity index (χ3n) is 5.96. The lowest BCUT2D eigenvalue weighted by atomic mass is 10.1. The van der Waals surface area contributed by atoms with Gasteiger partial charge >= 0.3 is 0 Å². The normalized spacial score (nSPS) is 15.1. The molecule has 4 rings (SSSR count). The highest BCUT2D eigenvalue weighted by atomic mass is 32.2. The first-order chi connectivity index (χ1) is 16.4. The number of furan rings is 1. The van der Waals surface area contributed by atoms with E-state index >= 15 is 0 Å². The summed E-state index contributed by atoms with van der Waals surface area (Å²) in [5.41, 5.74) is 3.37. The number of nitrogens with zero attached hydrogens (tertiary/aromatic N) is 2. The highest BCUT2D eigenvalue weighted by molar-refractivity contribution is 7.89. The van der Waals surface area contributed by atoms with Crippen LogP contribution in [0.15, 0.2) is 82.3 Å². The van der Waals surface area contributed by atoms with Gasteiger partial charge in [-0.15, -0.1) is 0 Å². The molecular weight excluding hydrogens is 450 g/mol. The van der Waals surface area contributed by atoms with E-state index in [0.29, 0.717) is 18.8 Å². The Morgan fingerprint density at radius 3 is 2.41 bits per heavy atom. The van der Waals surface area contributed by atoms with Gasteiger partial charge in [-0.05, 0) is 54.0 Å². The maximum absolute atomic E-state index is 12.6. The molecule has 1 aliphatic rings. The maximum Gasteiger partial charge on any atom is 0.246 e. The summed E-state index contributed by atoms with van der Waals surface area (Å²) in [6, 6.07) is 18.2. The minimum Gasteiger partial charge on any atom is -0.468 e. The van der Waals surface area contributed by atoms with Crippen LogP contribution in [0.3, 0.4) is 0 Å². The van der Waals surface area contributed by atoms with Crippen LogP contribution in [-0.4, -0.2) is 50.3 Å². The standard InChI is InChI=1S/C26H29N3O4S/c1-21-5-2-3-6-23(21)20-28-14-16-29(17-15-28)26(30)13-10-22-8-11-25(12-9-22)34(31,32)27-19-24-7-4-18-33-24/h2-13,18,27H,14-17,19-20H2,1H3/b13-10+. The minimum absolute atomic E-state index is 0.0349. The van der Waals surface area contributed by atoms with Crippen molar-refractivity contribution in [3.05, 3.63) is 95.5 Å². The van der Waals surface area contributed by atoms with Gasteiger partial charge in [0.15, 0.2) is 0 Å². The molecule has 1 amide bonds. The molecule has 7 nitrogen and oxygen atoms in total. The van der Waals surface area contributed by atoms with Gasteiger partial charge < -0.3 is 9.32 Å². The van der Waals surface area contributed by atoms with Gasteiger partial charge in [0.1, 0.15) is 5.76 Å². The lowest BCUT2D eigenvalue weighted by Crippen LogP contribution is -2.47. The van der Waals surface area contributed by atoms with Gasteiger partial charge in [-0.2, -0.15) is 0 Å². The van der Waals surface area contributed by atoms with Gasteiger partial charge in [-0.25, -0.2) is 13.1 Å². The Balaban J connectivity index is 1.27. The summed E-state index contributed by atoms with van der Waals surface area (Å²) in [4.78, 5) is 17.0. The average molecular weight is 480 g/mol. The van der Waals surface area contributed by atoms with Crippen LogP contribution in [0, 0.1) is 6.92 Å². The fraction of sp³-hybridized carbons (Fsp3) is 0.269. The van der Waals surface area contributed by atoms with Crippen LogP contribution >= 0.6 is 0 Å². The molecule has 1 aliphatic heterocycles. The number of piperazine rings is 1. The smallest absolute Gasteiger partial charge is 0.246 e. The molecule has 1 N–H and O–H groups in total. The molecule has 0 atom stereocenters. The number of carbonyl (C=O) groups is 1. The van der Waals surface area contributed by atoms with Crippen LogP contribution in [0.4, 0.5) is 0 Å². The number of nitrogens with one attached hydrogen (secondary N) is 1. The summed E-state index contributed by atoms with van der Waals surface area (Å²) in [6.07, 6.45) is 4.77. The zero-order valence-electron chi connectivity index (χ0n) is 19.2. The van der Waals surface area contributed by atoms with Crippen molar-refractivity contribution in [2.45, 2.75) is 24.9 Å². The summed E-state index contributed by atoms with van der Waals surface area (Å²) < 4.78 is 32.5. The molecule has 0 aliphatic carbocycles. The Morgan fingerprint density at radius 2 is 1.74 bits per heavy atom. The third kappa shape index (κ3) is 6.22. The van der Waals surface area contributed by atoms with E-state index in [0.717, 1.165) is 25.2 Å². The van der Waals surface area contributed by atoms with E-state index in [1.165, 1.54) is 29.5 Å². The van der Waals surface area contributed by atoms with E-state index in [1.807, 2.05) is 11.0 Å². The lowest BCUT2D eigenvalue weighted by Gasteiger charge is -2.34. The molecule has 0 bridgehead atoms. The molecule has 0 spiro atoms. The highest BCUT2D eigenvalue weighted by Crippen LogP contribution is 2.15.